The second-order valence-corrected chi connectivity index (χ2v) is 6.26. The highest BCUT2D eigenvalue weighted by molar-refractivity contribution is 5.85. The van der Waals surface area contributed by atoms with Gasteiger partial charge in [-0.05, 0) is 23.3 Å². The van der Waals surface area contributed by atoms with Crippen molar-refractivity contribution in [2.75, 3.05) is 24.5 Å². The van der Waals surface area contributed by atoms with Crippen LogP contribution in [0.4, 0.5) is 5.69 Å². The number of rotatable bonds is 7. The van der Waals surface area contributed by atoms with Crippen LogP contribution in [-0.4, -0.2) is 31.4 Å². The molecule has 0 saturated carbocycles. The number of benzene rings is 2. The van der Waals surface area contributed by atoms with Gasteiger partial charge in [-0.1, -0.05) is 54.6 Å². The summed E-state index contributed by atoms with van der Waals surface area (Å²) in [5, 5.41) is 5.50. The van der Waals surface area contributed by atoms with Crippen LogP contribution in [0.25, 0.3) is 0 Å². The van der Waals surface area contributed by atoms with E-state index in [9.17, 15) is 9.59 Å². The Morgan fingerprint density at radius 2 is 1.58 bits per heavy atom. The molecule has 2 amide bonds. The first-order valence-electron chi connectivity index (χ1n) is 8.77. The number of hydrogen-bond donors (Lipinski definition) is 2. The van der Waals surface area contributed by atoms with E-state index >= 15 is 0 Å². The summed E-state index contributed by atoms with van der Waals surface area (Å²) < 4.78 is 0. The highest BCUT2D eigenvalue weighted by Crippen LogP contribution is 2.18. The Kier molecular flexibility index (Phi) is 6.04. The average molecular weight is 349 g/mol. The Hall–Kier alpha value is -3.08. The summed E-state index contributed by atoms with van der Waals surface area (Å²) >= 11 is 0. The van der Waals surface area contributed by atoms with Crippen LogP contribution in [0.15, 0.2) is 66.7 Å². The first-order chi connectivity index (χ1) is 12.7. The molecule has 3 rings (SSSR count). The molecule has 26 heavy (non-hydrogen) atoms. The largest absolute Gasteiger partial charge is 0.364 e. The molecule has 0 spiro atoms. The number of hydrogen-bond acceptors (Lipinski definition) is 3. The van der Waals surface area contributed by atoms with Crippen molar-refractivity contribution in [1.29, 1.82) is 0 Å². The molecule has 0 aromatic heterocycles. The molecule has 0 aliphatic carbocycles. The van der Waals surface area contributed by atoms with Crippen LogP contribution in [0.5, 0.6) is 0 Å². The van der Waals surface area contributed by atoms with Gasteiger partial charge in [-0.25, -0.2) is 0 Å². The Labute approximate surface area is 153 Å². The van der Waals surface area contributed by atoms with Gasteiger partial charge in [0.1, 0.15) is 0 Å². The normalized spacial score (nSPS) is 12.8. The van der Waals surface area contributed by atoms with Crippen molar-refractivity contribution in [3.63, 3.8) is 0 Å². The minimum absolute atomic E-state index is 0.0125. The Bertz CT molecular complexity index is 779. The van der Waals surface area contributed by atoms with Crippen molar-refractivity contribution < 1.29 is 9.59 Å². The Morgan fingerprint density at radius 1 is 0.846 bits per heavy atom. The summed E-state index contributed by atoms with van der Waals surface area (Å²) in [6.45, 7) is 2.27. The van der Waals surface area contributed by atoms with Crippen LogP contribution < -0.4 is 15.5 Å². The van der Waals surface area contributed by atoms with Crippen LogP contribution in [0, 0.1) is 0 Å². The first kappa shape index (κ1) is 17.7. The van der Waals surface area contributed by atoms with E-state index in [1.54, 1.807) is 0 Å². The number of amides is 2. The van der Waals surface area contributed by atoms with E-state index in [4.69, 9.17) is 0 Å². The maximum Gasteiger partial charge on any atom is 0.239 e. The summed E-state index contributed by atoms with van der Waals surface area (Å²) in [6, 6.07) is 17.6. The summed E-state index contributed by atoms with van der Waals surface area (Å²) in [4.78, 5) is 26.1. The maximum atomic E-state index is 12.0. The molecule has 1 aliphatic rings. The van der Waals surface area contributed by atoms with Gasteiger partial charge in [0.2, 0.25) is 11.8 Å². The highest BCUT2D eigenvalue weighted by atomic mass is 16.2. The Morgan fingerprint density at radius 3 is 2.35 bits per heavy atom. The molecule has 2 aromatic rings. The molecular weight excluding hydrogens is 326 g/mol. The molecule has 5 heteroatoms. The van der Waals surface area contributed by atoms with Gasteiger partial charge in [0, 0.05) is 25.3 Å². The number of nitrogens with one attached hydrogen (secondary N) is 2. The fraction of sp³-hybridized carbons (Fsp3) is 0.238. The van der Waals surface area contributed by atoms with Gasteiger partial charge in [-0.3, -0.25) is 9.59 Å². The van der Waals surface area contributed by atoms with Gasteiger partial charge < -0.3 is 15.5 Å². The van der Waals surface area contributed by atoms with Crippen molar-refractivity contribution in [2.24, 2.45) is 0 Å². The lowest BCUT2D eigenvalue weighted by Crippen LogP contribution is -2.37. The van der Waals surface area contributed by atoms with Crippen LogP contribution >= 0.6 is 0 Å². The molecule has 0 atom stereocenters. The molecule has 0 unspecified atom stereocenters. The molecule has 1 aliphatic heterocycles. The van der Waals surface area contributed by atoms with Gasteiger partial charge in [-0.2, -0.15) is 0 Å². The maximum absolute atomic E-state index is 12.0. The van der Waals surface area contributed by atoms with Gasteiger partial charge >= 0.3 is 0 Å². The summed E-state index contributed by atoms with van der Waals surface area (Å²) in [5.41, 5.74) is 3.12. The van der Waals surface area contributed by atoms with Crippen molar-refractivity contribution in [3.8, 4) is 0 Å². The zero-order valence-corrected chi connectivity index (χ0v) is 14.7. The smallest absolute Gasteiger partial charge is 0.239 e. The molecule has 2 aromatic carbocycles. The predicted molar refractivity (Wildman–Crippen MR) is 103 cm³/mol. The second-order valence-electron chi connectivity index (χ2n) is 6.26. The SMILES string of the molecule is O=C(CNC(=O)Cc1ccccc1)NCc1cccc(N2CC=CC2)c1. The summed E-state index contributed by atoms with van der Waals surface area (Å²) in [5.74, 6) is -0.352. The van der Waals surface area contributed by atoms with Crippen molar-refractivity contribution >= 4 is 17.5 Å². The minimum atomic E-state index is -0.195. The van der Waals surface area contributed by atoms with Gasteiger partial charge in [0.25, 0.3) is 0 Å². The third kappa shape index (κ3) is 5.21. The van der Waals surface area contributed by atoms with Crippen molar-refractivity contribution in [2.45, 2.75) is 13.0 Å². The van der Waals surface area contributed by atoms with Crippen LogP contribution in [0.2, 0.25) is 0 Å². The zero-order valence-electron chi connectivity index (χ0n) is 14.7. The topological polar surface area (TPSA) is 61.4 Å². The zero-order chi connectivity index (χ0) is 18.2. The third-order valence-corrected chi connectivity index (χ3v) is 4.24. The monoisotopic (exact) mass is 349 g/mol. The van der Waals surface area contributed by atoms with Crippen LogP contribution in [0.1, 0.15) is 11.1 Å². The molecule has 2 N–H and O–H groups in total. The van der Waals surface area contributed by atoms with Gasteiger partial charge in [0.15, 0.2) is 0 Å². The van der Waals surface area contributed by atoms with Crippen LogP contribution in [-0.2, 0) is 22.6 Å². The van der Waals surface area contributed by atoms with E-state index in [-0.39, 0.29) is 24.8 Å². The molecule has 0 bridgehead atoms. The molecule has 1 heterocycles. The lowest BCUT2D eigenvalue weighted by atomic mass is 10.1. The van der Waals surface area contributed by atoms with E-state index in [2.05, 4.69) is 39.8 Å². The lowest BCUT2D eigenvalue weighted by molar-refractivity contribution is -0.125. The molecular formula is C21H23N3O2. The number of carbonyl (C=O) groups excluding carboxylic acids is 2. The summed E-state index contributed by atoms with van der Waals surface area (Å²) in [6.07, 6.45) is 4.57. The quantitative estimate of drug-likeness (QED) is 0.752. The third-order valence-electron chi connectivity index (χ3n) is 4.24. The molecule has 0 saturated heterocycles. The van der Waals surface area contributed by atoms with Crippen LogP contribution in [0.3, 0.4) is 0 Å². The van der Waals surface area contributed by atoms with E-state index in [1.807, 2.05) is 42.5 Å². The second kappa shape index (κ2) is 8.85. The predicted octanol–water partition coefficient (Wildman–Crippen LogP) is 2.04. The molecule has 5 nitrogen and oxygen atoms in total. The van der Waals surface area contributed by atoms with Gasteiger partial charge in [0.05, 0.1) is 13.0 Å². The van der Waals surface area contributed by atoms with E-state index in [0.717, 1.165) is 29.9 Å². The van der Waals surface area contributed by atoms with E-state index in [0.29, 0.717) is 6.54 Å². The molecule has 0 fully saturated rings. The highest BCUT2D eigenvalue weighted by Gasteiger charge is 2.09. The van der Waals surface area contributed by atoms with E-state index in [1.165, 1.54) is 0 Å². The molecule has 134 valence electrons. The van der Waals surface area contributed by atoms with Crippen molar-refractivity contribution in [3.05, 3.63) is 77.9 Å². The fourth-order valence-corrected chi connectivity index (χ4v) is 2.84. The Balaban J connectivity index is 1.41. The number of anilines is 1. The standard InChI is InChI=1S/C21H23N3O2/c25-20(14-17-7-2-1-3-8-17)23-16-21(26)22-15-18-9-6-10-19(13-18)24-11-4-5-12-24/h1-10,13H,11-12,14-16H2,(H,22,26)(H,23,25). The lowest BCUT2D eigenvalue weighted by Gasteiger charge is -2.18. The van der Waals surface area contributed by atoms with Crippen molar-refractivity contribution in [1.82, 2.24) is 10.6 Å². The van der Waals surface area contributed by atoms with Gasteiger partial charge in [-0.15, -0.1) is 0 Å². The fourth-order valence-electron chi connectivity index (χ4n) is 2.84. The van der Waals surface area contributed by atoms with E-state index < -0.39 is 0 Å². The number of carbonyl (C=O) groups is 2. The number of nitrogens with zero attached hydrogens (tertiary/aromatic N) is 1. The molecule has 0 radical (unpaired) electrons. The first-order valence-corrected chi connectivity index (χ1v) is 8.77. The summed E-state index contributed by atoms with van der Waals surface area (Å²) in [7, 11) is 0. The average Bonchev–Trinajstić information content (AvgIpc) is 3.21. The minimum Gasteiger partial charge on any atom is -0.364 e.